The Labute approximate surface area is 178 Å². The maximum atomic E-state index is 13.8. The Morgan fingerprint density at radius 3 is 2.60 bits per heavy atom. The van der Waals surface area contributed by atoms with Crippen LogP contribution in [0.3, 0.4) is 0 Å². The molecule has 4 aliphatic heterocycles. The van der Waals surface area contributed by atoms with Gasteiger partial charge in [0.2, 0.25) is 11.8 Å². The molecule has 2 aromatic rings. The number of nitrogens with one attached hydrogen (secondary N) is 1. The summed E-state index contributed by atoms with van der Waals surface area (Å²) < 4.78 is 0. The largest absolute Gasteiger partial charge is 0.323 e. The molecule has 7 heteroatoms. The van der Waals surface area contributed by atoms with Crippen molar-refractivity contribution < 1.29 is 14.4 Å². The Balaban J connectivity index is 1.56. The van der Waals surface area contributed by atoms with E-state index in [0.29, 0.717) is 28.5 Å². The minimum atomic E-state index is -1.18. The molecule has 4 heterocycles. The van der Waals surface area contributed by atoms with Gasteiger partial charge in [-0.05, 0) is 44.5 Å². The topological polar surface area (TPSA) is 69.7 Å². The van der Waals surface area contributed by atoms with Crippen LogP contribution in [0.5, 0.6) is 0 Å². The molecule has 152 valence electrons. The average molecular weight is 422 g/mol. The molecule has 6 rings (SSSR count). The predicted octanol–water partition coefficient (Wildman–Crippen LogP) is 3.08. The van der Waals surface area contributed by atoms with Gasteiger partial charge in [-0.15, -0.1) is 0 Å². The molecule has 3 saturated heterocycles. The summed E-state index contributed by atoms with van der Waals surface area (Å²) in [5.74, 6) is -2.04. The standard InChI is InChI=1S/C23H20ClN3O3/c1-12-7-9-13(10-8-12)27-20(28)17-16-6-3-11-26(16)23(18(17)21(27)29)14-4-2-5-15(24)19(14)25-22(23)30/h2,4-5,7-10,16-18H,3,6,11H2,1H3,(H,25,30)/t16-,17+,18+,23+/m0/s1. The summed E-state index contributed by atoms with van der Waals surface area (Å²) in [5.41, 5.74) is 1.71. The molecule has 30 heavy (non-hydrogen) atoms. The van der Waals surface area contributed by atoms with Crippen molar-refractivity contribution in [1.82, 2.24) is 4.90 Å². The first kappa shape index (κ1) is 18.1. The Kier molecular flexibility index (Phi) is 3.58. The van der Waals surface area contributed by atoms with Crippen LogP contribution in [-0.4, -0.2) is 35.2 Å². The van der Waals surface area contributed by atoms with Gasteiger partial charge in [0.25, 0.3) is 5.91 Å². The van der Waals surface area contributed by atoms with Gasteiger partial charge >= 0.3 is 0 Å². The molecule has 0 aromatic heterocycles. The van der Waals surface area contributed by atoms with E-state index in [2.05, 4.69) is 10.2 Å². The van der Waals surface area contributed by atoms with Gasteiger partial charge in [0.05, 0.1) is 28.2 Å². The van der Waals surface area contributed by atoms with Gasteiger partial charge in [-0.25, -0.2) is 4.90 Å². The summed E-state index contributed by atoms with van der Waals surface area (Å²) in [6.45, 7) is 2.64. The van der Waals surface area contributed by atoms with Crippen LogP contribution >= 0.6 is 11.6 Å². The normalized spacial score (nSPS) is 32.0. The number of anilines is 2. The Morgan fingerprint density at radius 1 is 1.07 bits per heavy atom. The second kappa shape index (κ2) is 5.93. The van der Waals surface area contributed by atoms with Gasteiger partial charge in [0.15, 0.2) is 0 Å². The number of halogens is 1. The average Bonchev–Trinajstić information content (AvgIpc) is 3.42. The summed E-state index contributed by atoms with van der Waals surface area (Å²) in [7, 11) is 0. The van der Waals surface area contributed by atoms with E-state index in [-0.39, 0.29) is 23.8 Å². The third-order valence-electron chi connectivity index (χ3n) is 7.27. The van der Waals surface area contributed by atoms with Crippen LogP contribution < -0.4 is 10.2 Å². The van der Waals surface area contributed by atoms with Crippen LogP contribution in [0.15, 0.2) is 42.5 Å². The van der Waals surface area contributed by atoms with Crippen molar-refractivity contribution in [3.05, 3.63) is 58.6 Å². The van der Waals surface area contributed by atoms with Crippen LogP contribution in [0.2, 0.25) is 5.02 Å². The summed E-state index contributed by atoms with van der Waals surface area (Å²) in [5, 5.41) is 3.37. The third-order valence-corrected chi connectivity index (χ3v) is 7.58. The van der Waals surface area contributed by atoms with Crippen molar-refractivity contribution in [2.45, 2.75) is 31.3 Å². The highest BCUT2D eigenvalue weighted by molar-refractivity contribution is 6.35. The van der Waals surface area contributed by atoms with Crippen molar-refractivity contribution in [3.63, 3.8) is 0 Å². The predicted molar refractivity (Wildman–Crippen MR) is 112 cm³/mol. The highest BCUT2D eigenvalue weighted by Gasteiger charge is 2.74. The van der Waals surface area contributed by atoms with Crippen LogP contribution in [0.25, 0.3) is 0 Å². The number of imide groups is 1. The molecular weight excluding hydrogens is 402 g/mol. The zero-order valence-electron chi connectivity index (χ0n) is 16.4. The summed E-state index contributed by atoms with van der Waals surface area (Å²) in [6, 6.07) is 12.6. The summed E-state index contributed by atoms with van der Waals surface area (Å²) in [6.07, 6.45) is 1.69. The lowest BCUT2D eigenvalue weighted by atomic mass is 9.75. The molecule has 4 atom stereocenters. The van der Waals surface area contributed by atoms with E-state index in [4.69, 9.17) is 11.6 Å². The highest BCUT2D eigenvalue weighted by atomic mass is 35.5. The van der Waals surface area contributed by atoms with Crippen molar-refractivity contribution in [1.29, 1.82) is 0 Å². The Morgan fingerprint density at radius 2 is 1.83 bits per heavy atom. The number of aryl methyl sites for hydroxylation is 1. The monoisotopic (exact) mass is 421 g/mol. The third kappa shape index (κ3) is 1.96. The first-order chi connectivity index (χ1) is 14.5. The number of carbonyl (C=O) groups excluding carboxylic acids is 3. The molecule has 3 fully saturated rings. The van der Waals surface area contributed by atoms with E-state index in [1.165, 1.54) is 4.90 Å². The van der Waals surface area contributed by atoms with E-state index in [9.17, 15) is 14.4 Å². The quantitative estimate of drug-likeness (QED) is 0.718. The molecule has 0 saturated carbocycles. The molecule has 2 aromatic carbocycles. The number of carbonyl (C=O) groups is 3. The van der Waals surface area contributed by atoms with Crippen LogP contribution in [0.1, 0.15) is 24.0 Å². The number of hydrogen-bond acceptors (Lipinski definition) is 4. The van der Waals surface area contributed by atoms with Crippen molar-refractivity contribution >= 4 is 40.7 Å². The molecule has 0 aliphatic carbocycles. The fraction of sp³-hybridized carbons (Fsp3) is 0.348. The van der Waals surface area contributed by atoms with Gasteiger partial charge in [-0.2, -0.15) is 0 Å². The van der Waals surface area contributed by atoms with E-state index in [1.54, 1.807) is 24.3 Å². The lowest BCUT2D eigenvalue weighted by Crippen LogP contribution is -2.54. The maximum absolute atomic E-state index is 13.8. The number of rotatable bonds is 1. The first-order valence-electron chi connectivity index (χ1n) is 10.3. The van der Waals surface area contributed by atoms with E-state index < -0.39 is 17.4 Å². The molecule has 0 bridgehead atoms. The second-order valence-corrected chi connectivity index (χ2v) is 9.04. The number of benzene rings is 2. The lowest BCUT2D eigenvalue weighted by molar-refractivity contribution is -0.135. The van der Waals surface area contributed by atoms with E-state index in [0.717, 1.165) is 18.4 Å². The smallest absolute Gasteiger partial charge is 0.250 e. The minimum absolute atomic E-state index is 0.127. The van der Waals surface area contributed by atoms with Crippen molar-refractivity contribution in [2.75, 3.05) is 16.8 Å². The van der Waals surface area contributed by atoms with Crippen molar-refractivity contribution in [3.8, 4) is 0 Å². The second-order valence-electron chi connectivity index (χ2n) is 8.64. The number of hydrogen-bond donors (Lipinski definition) is 1. The van der Waals surface area contributed by atoms with Crippen LogP contribution in [0, 0.1) is 18.8 Å². The molecule has 1 spiro atoms. The minimum Gasteiger partial charge on any atom is -0.323 e. The lowest BCUT2D eigenvalue weighted by Gasteiger charge is -2.36. The summed E-state index contributed by atoms with van der Waals surface area (Å²) >= 11 is 6.39. The number of fused-ring (bicyclic) bond motifs is 7. The van der Waals surface area contributed by atoms with Gasteiger partial charge in [-0.3, -0.25) is 19.3 Å². The van der Waals surface area contributed by atoms with E-state index in [1.807, 2.05) is 25.1 Å². The number of amides is 3. The number of nitrogens with zero attached hydrogens (tertiary/aromatic N) is 2. The maximum Gasteiger partial charge on any atom is 0.250 e. The van der Waals surface area contributed by atoms with Gasteiger partial charge in [-0.1, -0.05) is 41.4 Å². The molecule has 4 aliphatic rings. The molecule has 0 radical (unpaired) electrons. The zero-order chi connectivity index (χ0) is 20.8. The molecule has 1 N–H and O–H groups in total. The summed E-state index contributed by atoms with van der Waals surface area (Å²) in [4.78, 5) is 44.3. The first-order valence-corrected chi connectivity index (χ1v) is 10.7. The molecule has 3 amide bonds. The molecular formula is C23H20ClN3O3. The van der Waals surface area contributed by atoms with Gasteiger partial charge in [0, 0.05) is 11.6 Å². The molecule has 0 unspecified atom stereocenters. The fourth-order valence-corrected chi connectivity index (χ4v) is 6.36. The number of para-hydroxylation sites is 1. The Bertz CT molecular complexity index is 1130. The fourth-order valence-electron chi connectivity index (χ4n) is 6.14. The van der Waals surface area contributed by atoms with Crippen LogP contribution in [-0.2, 0) is 19.9 Å². The van der Waals surface area contributed by atoms with Crippen molar-refractivity contribution in [2.24, 2.45) is 11.8 Å². The Hall–Kier alpha value is -2.70. The molecule has 6 nitrogen and oxygen atoms in total. The van der Waals surface area contributed by atoms with E-state index >= 15 is 0 Å². The van der Waals surface area contributed by atoms with Crippen LogP contribution in [0.4, 0.5) is 11.4 Å². The zero-order valence-corrected chi connectivity index (χ0v) is 17.1. The SMILES string of the molecule is Cc1ccc(N2C(=O)[C@@H]3[C@@H]4CCCN4[C@@]4(C(=O)Nc5c(Cl)cccc54)[C@H]3C2=O)cc1. The highest BCUT2D eigenvalue weighted by Crippen LogP contribution is 2.61. The van der Waals surface area contributed by atoms with Gasteiger partial charge in [0.1, 0.15) is 5.54 Å². The van der Waals surface area contributed by atoms with Gasteiger partial charge < -0.3 is 5.32 Å².